The lowest BCUT2D eigenvalue weighted by molar-refractivity contribution is -0.131. The zero-order valence-electron chi connectivity index (χ0n) is 15.5. The van der Waals surface area contributed by atoms with E-state index >= 15 is 0 Å². The summed E-state index contributed by atoms with van der Waals surface area (Å²) in [5.74, 6) is -0.394. The maximum Gasteiger partial charge on any atom is 0.227 e. The second-order valence-electron chi connectivity index (χ2n) is 6.26. The summed E-state index contributed by atoms with van der Waals surface area (Å²) in [5, 5.41) is 4.09. The molecule has 1 amide bonds. The van der Waals surface area contributed by atoms with E-state index in [4.69, 9.17) is 4.74 Å². The van der Waals surface area contributed by atoms with Gasteiger partial charge in [0, 0.05) is 7.05 Å². The van der Waals surface area contributed by atoms with Crippen molar-refractivity contribution in [3.8, 4) is 11.4 Å². The van der Waals surface area contributed by atoms with E-state index in [9.17, 15) is 9.18 Å². The average molecular weight is 368 g/mol. The van der Waals surface area contributed by atoms with Gasteiger partial charge in [0.2, 0.25) is 5.91 Å². The highest BCUT2D eigenvalue weighted by molar-refractivity contribution is 5.79. The topological polar surface area (TPSA) is 60.2 Å². The molecule has 140 valence electrons. The summed E-state index contributed by atoms with van der Waals surface area (Å²) in [4.78, 5) is 18.2. The van der Waals surface area contributed by atoms with Crippen LogP contribution in [0.1, 0.15) is 24.1 Å². The molecule has 1 heterocycles. The molecule has 3 rings (SSSR count). The van der Waals surface area contributed by atoms with Crippen LogP contribution < -0.4 is 4.74 Å². The molecular weight excluding hydrogens is 347 g/mol. The second kappa shape index (κ2) is 7.99. The minimum absolute atomic E-state index is 0.0904. The number of methoxy groups -OCH3 is 1. The number of hydrogen-bond donors (Lipinski definition) is 0. The maximum absolute atomic E-state index is 13.8. The minimum atomic E-state index is -0.470. The van der Waals surface area contributed by atoms with Crippen molar-refractivity contribution < 1.29 is 13.9 Å². The highest BCUT2D eigenvalue weighted by Gasteiger charge is 2.18. The van der Waals surface area contributed by atoms with Gasteiger partial charge in [0.1, 0.15) is 12.7 Å². The van der Waals surface area contributed by atoms with Crippen molar-refractivity contribution in [1.82, 2.24) is 19.7 Å². The van der Waals surface area contributed by atoms with Gasteiger partial charge in [-0.3, -0.25) is 4.79 Å². The van der Waals surface area contributed by atoms with Gasteiger partial charge in [-0.25, -0.2) is 14.1 Å². The fourth-order valence-electron chi connectivity index (χ4n) is 2.81. The quantitative estimate of drug-likeness (QED) is 0.670. The number of carbonyl (C=O) groups is 1. The van der Waals surface area contributed by atoms with Gasteiger partial charge in [-0.2, -0.15) is 5.10 Å². The largest absolute Gasteiger partial charge is 0.494 e. The van der Waals surface area contributed by atoms with Crippen molar-refractivity contribution in [3.63, 3.8) is 0 Å². The van der Waals surface area contributed by atoms with E-state index in [1.165, 1.54) is 25.6 Å². The normalized spacial score (nSPS) is 11.9. The lowest BCUT2D eigenvalue weighted by atomic mass is 10.1. The third-order valence-corrected chi connectivity index (χ3v) is 4.60. The molecular formula is C20H21FN4O2. The number of carbonyl (C=O) groups excluding carboxylic acids is 1. The first kappa shape index (κ1) is 18.6. The average Bonchev–Trinajstić information content (AvgIpc) is 3.22. The maximum atomic E-state index is 13.8. The summed E-state index contributed by atoms with van der Waals surface area (Å²) in [5.41, 5.74) is 2.50. The zero-order valence-corrected chi connectivity index (χ0v) is 15.5. The van der Waals surface area contributed by atoms with Crippen LogP contribution in [0.3, 0.4) is 0 Å². The Morgan fingerprint density at radius 2 is 2.00 bits per heavy atom. The van der Waals surface area contributed by atoms with Gasteiger partial charge in [0.25, 0.3) is 0 Å². The van der Waals surface area contributed by atoms with Gasteiger partial charge in [-0.1, -0.05) is 18.2 Å². The molecule has 2 aromatic carbocycles. The number of rotatable bonds is 6. The summed E-state index contributed by atoms with van der Waals surface area (Å²) in [7, 11) is 3.16. The molecule has 0 saturated carbocycles. The molecule has 1 unspecified atom stereocenters. The van der Waals surface area contributed by atoms with Crippen molar-refractivity contribution in [3.05, 3.63) is 72.1 Å². The fourth-order valence-corrected chi connectivity index (χ4v) is 2.81. The monoisotopic (exact) mass is 368 g/mol. The van der Waals surface area contributed by atoms with Gasteiger partial charge in [-0.15, -0.1) is 0 Å². The van der Waals surface area contributed by atoms with Crippen molar-refractivity contribution in [2.24, 2.45) is 0 Å². The van der Waals surface area contributed by atoms with Gasteiger partial charge >= 0.3 is 0 Å². The summed E-state index contributed by atoms with van der Waals surface area (Å²) >= 11 is 0. The SMILES string of the molecule is COc1ccc(CC(=O)N(C)C(C)c2ccc(-n3cncn3)cc2)cc1F. The van der Waals surface area contributed by atoms with Crippen molar-refractivity contribution in [1.29, 1.82) is 0 Å². The van der Waals surface area contributed by atoms with Gasteiger partial charge in [0.05, 0.1) is 25.3 Å². The molecule has 1 atom stereocenters. The standard InChI is InChI=1S/C20H21FN4O2/c1-14(16-5-7-17(8-6-16)25-13-22-12-23-25)24(2)20(26)11-15-4-9-19(27-3)18(21)10-15/h4-10,12-14H,11H2,1-3H3. The van der Waals surface area contributed by atoms with Crippen LogP contribution >= 0.6 is 0 Å². The molecule has 0 aliphatic rings. The minimum Gasteiger partial charge on any atom is -0.494 e. The number of likely N-dealkylation sites (N-methyl/N-ethyl adjacent to an activating group) is 1. The predicted molar refractivity (Wildman–Crippen MR) is 99.2 cm³/mol. The molecule has 1 aromatic heterocycles. The first-order valence-corrected chi connectivity index (χ1v) is 8.52. The van der Waals surface area contributed by atoms with Crippen LogP contribution in [-0.4, -0.2) is 39.7 Å². The Bertz CT molecular complexity index is 910. The fraction of sp³-hybridized carbons (Fsp3) is 0.250. The molecule has 3 aromatic rings. The van der Waals surface area contributed by atoms with Crippen LogP contribution in [0.5, 0.6) is 5.75 Å². The van der Waals surface area contributed by atoms with Crippen molar-refractivity contribution >= 4 is 5.91 Å². The molecule has 6 nitrogen and oxygen atoms in total. The summed E-state index contributed by atoms with van der Waals surface area (Å²) < 4.78 is 20.4. The highest BCUT2D eigenvalue weighted by atomic mass is 19.1. The number of amides is 1. The Kier molecular flexibility index (Phi) is 5.49. The molecule has 0 spiro atoms. The van der Waals surface area contributed by atoms with Gasteiger partial charge in [0.15, 0.2) is 11.6 Å². The van der Waals surface area contributed by atoms with Crippen molar-refractivity contribution in [2.75, 3.05) is 14.2 Å². The van der Waals surface area contributed by atoms with E-state index in [-0.39, 0.29) is 24.1 Å². The summed E-state index contributed by atoms with van der Waals surface area (Å²) in [6, 6.07) is 12.2. The number of ether oxygens (including phenoxy) is 1. The zero-order chi connectivity index (χ0) is 19.4. The molecule has 0 fully saturated rings. The van der Waals surface area contributed by atoms with Crippen LogP contribution in [0.25, 0.3) is 5.69 Å². The first-order chi connectivity index (χ1) is 13.0. The van der Waals surface area contributed by atoms with Crippen molar-refractivity contribution in [2.45, 2.75) is 19.4 Å². The van der Waals surface area contributed by atoms with Crippen LogP contribution in [0.4, 0.5) is 4.39 Å². The van der Waals surface area contributed by atoms with Crippen LogP contribution in [-0.2, 0) is 11.2 Å². The third kappa shape index (κ3) is 4.13. The Morgan fingerprint density at radius 3 is 2.59 bits per heavy atom. The lowest BCUT2D eigenvalue weighted by Crippen LogP contribution is -2.31. The van der Waals surface area contributed by atoms with E-state index in [0.29, 0.717) is 5.56 Å². The Balaban J connectivity index is 1.68. The van der Waals surface area contributed by atoms with Gasteiger partial charge < -0.3 is 9.64 Å². The molecule has 0 saturated heterocycles. The summed E-state index contributed by atoms with van der Waals surface area (Å²) in [6.07, 6.45) is 3.23. The van der Waals surface area contributed by atoms with E-state index < -0.39 is 5.82 Å². The number of aromatic nitrogens is 3. The first-order valence-electron chi connectivity index (χ1n) is 8.52. The number of halogens is 1. The Hall–Kier alpha value is -3.22. The van der Waals surface area contributed by atoms with E-state index in [1.807, 2.05) is 31.2 Å². The number of hydrogen-bond acceptors (Lipinski definition) is 4. The van der Waals surface area contributed by atoms with Crippen LogP contribution in [0.2, 0.25) is 0 Å². The highest BCUT2D eigenvalue weighted by Crippen LogP contribution is 2.22. The third-order valence-electron chi connectivity index (χ3n) is 4.60. The molecule has 7 heteroatoms. The second-order valence-corrected chi connectivity index (χ2v) is 6.26. The Morgan fingerprint density at radius 1 is 1.26 bits per heavy atom. The van der Waals surface area contributed by atoms with E-state index in [1.54, 1.807) is 29.0 Å². The molecule has 0 N–H and O–H groups in total. The number of benzene rings is 2. The van der Waals surface area contributed by atoms with Crippen LogP contribution in [0, 0.1) is 5.82 Å². The predicted octanol–water partition coefficient (Wildman–Crippen LogP) is 3.18. The molecule has 0 aliphatic heterocycles. The molecule has 0 bridgehead atoms. The van der Waals surface area contributed by atoms with E-state index in [0.717, 1.165) is 11.3 Å². The van der Waals surface area contributed by atoms with E-state index in [2.05, 4.69) is 10.1 Å². The Labute approximate surface area is 157 Å². The molecule has 0 aliphatic carbocycles. The van der Waals surface area contributed by atoms with Gasteiger partial charge in [-0.05, 0) is 42.3 Å². The van der Waals surface area contributed by atoms with Crippen LogP contribution in [0.15, 0.2) is 55.1 Å². The lowest BCUT2D eigenvalue weighted by Gasteiger charge is -2.25. The molecule has 27 heavy (non-hydrogen) atoms. The number of nitrogens with zero attached hydrogens (tertiary/aromatic N) is 4. The summed E-state index contributed by atoms with van der Waals surface area (Å²) in [6.45, 7) is 1.96. The molecule has 0 radical (unpaired) electrons. The smallest absolute Gasteiger partial charge is 0.227 e.